The molecular weight excluding hydrogens is 334 g/mol. The van der Waals surface area contributed by atoms with Crippen molar-refractivity contribution in [3.63, 3.8) is 0 Å². The minimum atomic E-state index is 0.269. The smallest absolute Gasteiger partial charge is 0.237 e. The molecule has 0 amide bonds. The van der Waals surface area contributed by atoms with Crippen LogP contribution in [0.25, 0.3) is 0 Å². The van der Waals surface area contributed by atoms with Crippen LogP contribution in [0.4, 0.5) is 0 Å². The first-order valence-corrected chi connectivity index (χ1v) is 9.61. The van der Waals surface area contributed by atoms with Crippen LogP contribution in [0, 0.1) is 0 Å². The first kappa shape index (κ1) is 16.3. The lowest BCUT2D eigenvalue weighted by atomic mass is 10.2. The maximum Gasteiger partial charge on any atom is 0.237 e. The number of hydrogen-bond donors (Lipinski definition) is 0. The summed E-state index contributed by atoms with van der Waals surface area (Å²) in [7, 11) is 0. The van der Waals surface area contributed by atoms with Gasteiger partial charge in [-0.2, -0.15) is 4.98 Å². The predicted molar refractivity (Wildman–Crippen MR) is 95.5 cm³/mol. The van der Waals surface area contributed by atoms with Gasteiger partial charge in [0.1, 0.15) is 5.82 Å². The molecule has 1 aromatic carbocycles. The standard InChI is InChI=1S/C18H21N5OS/c1-12(2)16-19-15(24-22-16)11-25-18-21-20-17(14-8-9-14)23(18)10-13-6-4-3-5-7-13/h3-7,12,14H,8-11H2,1-2H3. The molecule has 0 unspecified atom stereocenters. The van der Waals surface area contributed by atoms with Gasteiger partial charge in [0.25, 0.3) is 0 Å². The van der Waals surface area contributed by atoms with Crippen molar-refractivity contribution >= 4 is 11.8 Å². The van der Waals surface area contributed by atoms with Crippen LogP contribution >= 0.6 is 11.8 Å². The Morgan fingerprint density at radius 2 is 2.00 bits per heavy atom. The summed E-state index contributed by atoms with van der Waals surface area (Å²) in [5.41, 5.74) is 1.26. The third-order valence-electron chi connectivity index (χ3n) is 4.20. The molecule has 1 saturated carbocycles. The summed E-state index contributed by atoms with van der Waals surface area (Å²) in [6.07, 6.45) is 2.41. The van der Waals surface area contributed by atoms with Gasteiger partial charge in [-0.3, -0.25) is 0 Å². The summed E-state index contributed by atoms with van der Waals surface area (Å²) in [6, 6.07) is 10.4. The van der Waals surface area contributed by atoms with Crippen LogP contribution in [-0.2, 0) is 12.3 Å². The molecule has 0 radical (unpaired) electrons. The van der Waals surface area contributed by atoms with Gasteiger partial charge in [0.05, 0.1) is 12.3 Å². The minimum absolute atomic E-state index is 0.269. The highest BCUT2D eigenvalue weighted by Gasteiger charge is 2.30. The fourth-order valence-corrected chi connectivity index (χ4v) is 3.43. The molecule has 0 bridgehead atoms. The average molecular weight is 355 g/mol. The van der Waals surface area contributed by atoms with E-state index in [1.807, 2.05) is 6.07 Å². The predicted octanol–water partition coefficient (Wildman–Crippen LogP) is 4.00. The molecule has 1 fully saturated rings. The van der Waals surface area contributed by atoms with Crippen LogP contribution in [-0.4, -0.2) is 24.9 Å². The highest BCUT2D eigenvalue weighted by molar-refractivity contribution is 7.98. The Morgan fingerprint density at radius 3 is 2.68 bits per heavy atom. The maximum atomic E-state index is 5.33. The molecule has 0 spiro atoms. The Bertz CT molecular complexity index is 838. The van der Waals surface area contributed by atoms with E-state index in [-0.39, 0.29) is 5.92 Å². The van der Waals surface area contributed by atoms with Crippen LogP contribution < -0.4 is 0 Å². The number of hydrogen-bond acceptors (Lipinski definition) is 6. The van der Waals surface area contributed by atoms with Crippen molar-refractivity contribution in [2.75, 3.05) is 0 Å². The number of benzene rings is 1. The molecule has 0 aliphatic heterocycles. The molecule has 1 aliphatic rings. The lowest BCUT2D eigenvalue weighted by Crippen LogP contribution is -2.06. The van der Waals surface area contributed by atoms with Crippen molar-refractivity contribution in [2.24, 2.45) is 0 Å². The normalized spacial score (nSPS) is 14.4. The van der Waals surface area contributed by atoms with E-state index >= 15 is 0 Å². The zero-order valence-corrected chi connectivity index (χ0v) is 15.2. The quantitative estimate of drug-likeness (QED) is 0.597. The van der Waals surface area contributed by atoms with Crippen molar-refractivity contribution in [2.45, 2.75) is 56.0 Å². The van der Waals surface area contributed by atoms with E-state index in [9.17, 15) is 0 Å². The monoisotopic (exact) mass is 355 g/mol. The van der Waals surface area contributed by atoms with Gasteiger partial charge in [-0.1, -0.05) is 61.1 Å². The van der Waals surface area contributed by atoms with Crippen LogP contribution in [0.3, 0.4) is 0 Å². The molecule has 0 N–H and O–H groups in total. The molecule has 4 rings (SSSR count). The summed E-state index contributed by atoms with van der Waals surface area (Å²) >= 11 is 1.60. The number of rotatable bonds is 7. The third kappa shape index (κ3) is 3.76. The highest BCUT2D eigenvalue weighted by atomic mass is 32.2. The van der Waals surface area contributed by atoms with Crippen LogP contribution in [0.2, 0.25) is 0 Å². The summed E-state index contributed by atoms with van der Waals surface area (Å²) in [5.74, 6) is 3.92. The molecule has 2 aromatic heterocycles. The van der Waals surface area contributed by atoms with Crippen molar-refractivity contribution in [3.05, 3.63) is 53.4 Å². The van der Waals surface area contributed by atoms with E-state index in [4.69, 9.17) is 4.52 Å². The molecule has 130 valence electrons. The molecule has 6 nitrogen and oxygen atoms in total. The van der Waals surface area contributed by atoms with E-state index in [1.165, 1.54) is 18.4 Å². The highest BCUT2D eigenvalue weighted by Crippen LogP contribution is 2.40. The van der Waals surface area contributed by atoms with Gasteiger partial charge >= 0.3 is 0 Å². The summed E-state index contributed by atoms with van der Waals surface area (Å²) in [4.78, 5) is 4.44. The van der Waals surface area contributed by atoms with Crippen molar-refractivity contribution in [1.82, 2.24) is 24.9 Å². The lowest BCUT2D eigenvalue weighted by Gasteiger charge is -2.09. The fraction of sp³-hybridized carbons (Fsp3) is 0.444. The summed E-state index contributed by atoms with van der Waals surface area (Å²) in [5, 5.41) is 13.8. The number of aromatic nitrogens is 5. The molecule has 25 heavy (non-hydrogen) atoms. The van der Waals surface area contributed by atoms with Gasteiger partial charge in [0, 0.05) is 11.8 Å². The van der Waals surface area contributed by atoms with Gasteiger partial charge in [0.15, 0.2) is 11.0 Å². The van der Waals surface area contributed by atoms with Crippen molar-refractivity contribution < 1.29 is 4.52 Å². The first-order valence-electron chi connectivity index (χ1n) is 8.63. The Hall–Kier alpha value is -2.15. The average Bonchev–Trinajstić information content (AvgIpc) is 3.21. The van der Waals surface area contributed by atoms with E-state index in [2.05, 4.69) is 63.0 Å². The van der Waals surface area contributed by atoms with E-state index in [0.717, 1.165) is 23.4 Å². The second kappa shape index (κ2) is 7.00. The van der Waals surface area contributed by atoms with Crippen molar-refractivity contribution in [3.8, 4) is 0 Å². The molecule has 0 saturated heterocycles. The van der Waals surface area contributed by atoms with Gasteiger partial charge in [-0.15, -0.1) is 10.2 Å². The van der Waals surface area contributed by atoms with Gasteiger partial charge in [-0.05, 0) is 18.4 Å². The third-order valence-corrected chi connectivity index (χ3v) is 5.15. The summed E-state index contributed by atoms with van der Waals surface area (Å²) in [6.45, 7) is 4.91. The largest absolute Gasteiger partial charge is 0.338 e. The van der Waals surface area contributed by atoms with Crippen LogP contribution in [0.1, 0.15) is 61.6 Å². The second-order valence-corrected chi connectivity index (χ2v) is 7.62. The zero-order valence-electron chi connectivity index (χ0n) is 14.4. The molecule has 3 aromatic rings. The Labute approximate surface area is 151 Å². The van der Waals surface area contributed by atoms with E-state index in [0.29, 0.717) is 17.6 Å². The van der Waals surface area contributed by atoms with E-state index < -0.39 is 0 Å². The molecule has 7 heteroatoms. The van der Waals surface area contributed by atoms with E-state index in [1.54, 1.807) is 11.8 Å². The number of nitrogens with zero attached hydrogens (tertiary/aromatic N) is 5. The minimum Gasteiger partial charge on any atom is -0.338 e. The fourth-order valence-electron chi connectivity index (χ4n) is 2.65. The van der Waals surface area contributed by atoms with Gasteiger partial charge in [0.2, 0.25) is 5.89 Å². The first-order chi connectivity index (χ1) is 12.2. The Morgan fingerprint density at radius 1 is 1.20 bits per heavy atom. The Kier molecular flexibility index (Phi) is 4.57. The Balaban J connectivity index is 1.52. The topological polar surface area (TPSA) is 69.6 Å². The SMILES string of the molecule is CC(C)c1noc(CSc2nnc(C3CC3)n2Cc2ccccc2)n1. The maximum absolute atomic E-state index is 5.33. The zero-order chi connectivity index (χ0) is 17.2. The van der Waals surface area contributed by atoms with Crippen molar-refractivity contribution in [1.29, 1.82) is 0 Å². The second-order valence-electron chi connectivity index (χ2n) is 6.68. The van der Waals surface area contributed by atoms with Gasteiger partial charge < -0.3 is 9.09 Å². The summed E-state index contributed by atoms with van der Waals surface area (Å²) < 4.78 is 7.57. The molecule has 1 aliphatic carbocycles. The van der Waals surface area contributed by atoms with Crippen LogP contribution in [0.5, 0.6) is 0 Å². The van der Waals surface area contributed by atoms with Crippen LogP contribution in [0.15, 0.2) is 40.0 Å². The number of thioether (sulfide) groups is 1. The molecule has 0 atom stereocenters. The lowest BCUT2D eigenvalue weighted by molar-refractivity contribution is 0.382. The molecule has 2 heterocycles. The van der Waals surface area contributed by atoms with Gasteiger partial charge in [-0.25, -0.2) is 0 Å². The molecular formula is C18H21N5OS.